The minimum Gasteiger partial charge on any atom is -0.455 e. The van der Waals surface area contributed by atoms with Crippen molar-refractivity contribution in [3.8, 4) is 16.9 Å². The number of hydrogen-bond donors (Lipinski definition) is 1. The largest absolute Gasteiger partial charge is 0.455 e. The van der Waals surface area contributed by atoms with Crippen LogP contribution in [0.2, 0.25) is 0 Å². The van der Waals surface area contributed by atoms with Gasteiger partial charge in [0, 0.05) is 43.4 Å². The number of amides is 1. The standard InChI is InChI=1S/C28H34N8O2/c1-6-34-9-11-35(12-10-34)22-13-20(15-29-17-22)23-18-36(33-32-23)24-14-21(16-30-19(24)2)31-27(37)25-7-8-26(38-25)28(3,4)5/h7-8,13-18H,6,9-12H2,1-5H3,(H,31,37). The second-order valence-electron chi connectivity index (χ2n) is 10.6. The summed E-state index contributed by atoms with van der Waals surface area (Å²) in [5, 5.41) is 11.6. The van der Waals surface area contributed by atoms with Gasteiger partial charge in [-0.25, -0.2) is 4.68 Å². The van der Waals surface area contributed by atoms with Crippen molar-refractivity contribution in [2.24, 2.45) is 0 Å². The van der Waals surface area contributed by atoms with Crippen LogP contribution in [0.25, 0.3) is 16.9 Å². The number of furan rings is 1. The third-order valence-corrected chi connectivity index (χ3v) is 6.83. The summed E-state index contributed by atoms with van der Waals surface area (Å²) in [6, 6.07) is 7.46. The van der Waals surface area contributed by atoms with Gasteiger partial charge < -0.3 is 19.5 Å². The van der Waals surface area contributed by atoms with Gasteiger partial charge in [-0.1, -0.05) is 32.9 Å². The Hall–Kier alpha value is -4.05. The van der Waals surface area contributed by atoms with Gasteiger partial charge in [-0.2, -0.15) is 0 Å². The van der Waals surface area contributed by atoms with Crippen molar-refractivity contribution < 1.29 is 9.21 Å². The van der Waals surface area contributed by atoms with Crippen molar-refractivity contribution in [1.82, 2.24) is 29.9 Å². The molecule has 1 aliphatic rings. The number of carbonyl (C=O) groups excluding carboxylic acids is 1. The topological polar surface area (TPSA) is 105 Å². The van der Waals surface area contributed by atoms with E-state index in [1.165, 1.54) is 0 Å². The molecule has 1 amide bonds. The molecule has 0 saturated carbocycles. The number of nitrogens with zero attached hydrogens (tertiary/aromatic N) is 7. The van der Waals surface area contributed by atoms with Gasteiger partial charge in [0.05, 0.1) is 41.3 Å². The van der Waals surface area contributed by atoms with Crippen LogP contribution < -0.4 is 10.2 Å². The monoisotopic (exact) mass is 514 g/mol. The Kier molecular flexibility index (Phi) is 6.98. The molecule has 10 nitrogen and oxygen atoms in total. The number of carbonyl (C=O) groups is 1. The molecule has 0 atom stereocenters. The van der Waals surface area contributed by atoms with E-state index in [9.17, 15) is 4.79 Å². The Labute approximate surface area is 222 Å². The van der Waals surface area contributed by atoms with Crippen LogP contribution in [0.1, 0.15) is 49.7 Å². The van der Waals surface area contributed by atoms with Gasteiger partial charge in [-0.3, -0.25) is 14.8 Å². The maximum absolute atomic E-state index is 12.8. The molecule has 5 heterocycles. The van der Waals surface area contributed by atoms with E-state index >= 15 is 0 Å². The number of nitrogens with one attached hydrogen (secondary N) is 1. The minimum absolute atomic E-state index is 0.180. The summed E-state index contributed by atoms with van der Waals surface area (Å²) in [5.74, 6) is 0.671. The van der Waals surface area contributed by atoms with Crippen molar-refractivity contribution in [2.45, 2.75) is 40.0 Å². The molecule has 0 aromatic carbocycles. The lowest BCUT2D eigenvalue weighted by molar-refractivity contribution is 0.0993. The molecule has 0 spiro atoms. The highest BCUT2D eigenvalue weighted by Gasteiger charge is 2.21. The van der Waals surface area contributed by atoms with Gasteiger partial charge in [0.2, 0.25) is 0 Å². The molecule has 1 fully saturated rings. The Morgan fingerprint density at radius 1 is 1.08 bits per heavy atom. The molecule has 198 valence electrons. The fraction of sp³-hybridized carbons (Fsp3) is 0.393. The number of hydrogen-bond acceptors (Lipinski definition) is 8. The normalized spacial score (nSPS) is 14.6. The minimum atomic E-state index is -0.334. The molecule has 1 N–H and O–H groups in total. The number of rotatable bonds is 6. The Morgan fingerprint density at radius 3 is 2.58 bits per heavy atom. The summed E-state index contributed by atoms with van der Waals surface area (Å²) < 4.78 is 7.44. The molecule has 1 saturated heterocycles. The summed E-state index contributed by atoms with van der Waals surface area (Å²) in [5.41, 5.74) is 4.53. The van der Waals surface area contributed by atoms with E-state index in [4.69, 9.17) is 4.42 Å². The molecular weight excluding hydrogens is 480 g/mol. The molecule has 10 heteroatoms. The van der Waals surface area contributed by atoms with Gasteiger partial charge in [0.25, 0.3) is 5.91 Å². The zero-order chi connectivity index (χ0) is 26.9. The maximum Gasteiger partial charge on any atom is 0.291 e. The van der Waals surface area contributed by atoms with E-state index in [0.29, 0.717) is 11.4 Å². The lowest BCUT2D eigenvalue weighted by Gasteiger charge is -2.35. The van der Waals surface area contributed by atoms with E-state index in [1.54, 1.807) is 23.1 Å². The van der Waals surface area contributed by atoms with Crippen molar-refractivity contribution in [3.05, 3.63) is 66.3 Å². The third-order valence-electron chi connectivity index (χ3n) is 6.83. The first kappa shape index (κ1) is 25.6. The van der Waals surface area contributed by atoms with Crippen molar-refractivity contribution >= 4 is 17.3 Å². The zero-order valence-corrected chi connectivity index (χ0v) is 22.6. The highest BCUT2D eigenvalue weighted by molar-refractivity contribution is 6.02. The fourth-order valence-electron chi connectivity index (χ4n) is 4.45. The van der Waals surface area contributed by atoms with Gasteiger partial charge in [-0.05, 0) is 37.7 Å². The van der Waals surface area contributed by atoms with Crippen LogP contribution in [0.5, 0.6) is 0 Å². The van der Waals surface area contributed by atoms with Crippen molar-refractivity contribution in [3.63, 3.8) is 0 Å². The van der Waals surface area contributed by atoms with Gasteiger partial charge in [0.15, 0.2) is 5.76 Å². The predicted molar refractivity (Wildman–Crippen MR) is 147 cm³/mol. The highest BCUT2D eigenvalue weighted by Crippen LogP contribution is 2.26. The van der Waals surface area contributed by atoms with E-state index in [-0.39, 0.29) is 17.1 Å². The second-order valence-corrected chi connectivity index (χ2v) is 10.6. The molecule has 5 rings (SSSR count). The van der Waals surface area contributed by atoms with Gasteiger partial charge in [0.1, 0.15) is 11.5 Å². The molecule has 0 radical (unpaired) electrons. The zero-order valence-electron chi connectivity index (χ0n) is 22.6. The molecule has 38 heavy (non-hydrogen) atoms. The summed E-state index contributed by atoms with van der Waals surface area (Å²) >= 11 is 0. The first-order valence-electron chi connectivity index (χ1n) is 12.9. The molecule has 0 unspecified atom stereocenters. The Morgan fingerprint density at radius 2 is 1.87 bits per heavy atom. The number of anilines is 2. The lowest BCUT2D eigenvalue weighted by atomic mass is 9.94. The first-order valence-corrected chi connectivity index (χ1v) is 12.9. The fourth-order valence-corrected chi connectivity index (χ4v) is 4.45. The van der Waals surface area contributed by atoms with Crippen LogP contribution in [0.3, 0.4) is 0 Å². The first-order chi connectivity index (χ1) is 18.2. The van der Waals surface area contributed by atoms with Crippen LogP contribution in [-0.2, 0) is 5.41 Å². The summed E-state index contributed by atoms with van der Waals surface area (Å²) in [6.45, 7) is 15.3. The SMILES string of the molecule is CCN1CCN(c2cncc(-c3cn(-c4cc(NC(=O)c5ccc(C(C)(C)C)o5)cnc4C)nn3)c2)CC1. The molecule has 1 aliphatic heterocycles. The number of pyridine rings is 2. The maximum atomic E-state index is 12.8. The summed E-state index contributed by atoms with van der Waals surface area (Å²) in [7, 11) is 0. The van der Waals surface area contributed by atoms with Crippen LogP contribution in [0.15, 0.2) is 53.5 Å². The molecule has 4 aromatic rings. The quantitative estimate of drug-likeness (QED) is 0.406. The number of piperazine rings is 1. The average molecular weight is 515 g/mol. The second kappa shape index (κ2) is 10.4. The number of aryl methyl sites for hydroxylation is 1. The lowest BCUT2D eigenvalue weighted by Crippen LogP contribution is -2.46. The Balaban J connectivity index is 1.33. The molecule has 4 aromatic heterocycles. The summed E-state index contributed by atoms with van der Waals surface area (Å²) in [6.07, 6.45) is 7.18. The molecule has 0 bridgehead atoms. The van der Waals surface area contributed by atoms with Crippen LogP contribution in [0.4, 0.5) is 11.4 Å². The van der Waals surface area contributed by atoms with Crippen molar-refractivity contribution in [1.29, 1.82) is 0 Å². The predicted octanol–water partition coefficient (Wildman–Crippen LogP) is 4.32. The van der Waals surface area contributed by atoms with E-state index < -0.39 is 0 Å². The van der Waals surface area contributed by atoms with Crippen LogP contribution >= 0.6 is 0 Å². The van der Waals surface area contributed by atoms with Gasteiger partial charge in [-0.15, -0.1) is 5.10 Å². The highest BCUT2D eigenvalue weighted by atomic mass is 16.4. The average Bonchev–Trinajstić information content (AvgIpc) is 3.61. The van der Waals surface area contributed by atoms with E-state index in [2.05, 4.69) is 48.4 Å². The van der Waals surface area contributed by atoms with Crippen LogP contribution in [0, 0.1) is 6.92 Å². The van der Waals surface area contributed by atoms with E-state index in [0.717, 1.165) is 61.1 Å². The summed E-state index contributed by atoms with van der Waals surface area (Å²) in [4.78, 5) is 26.5. The van der Waals surface area contributed by atoms with Gasteiger partial charge >= 0.3 is 0 Å². The molecule has 0 aliphatic carbocycles. The van der Waals surface area contributed by atoms with Crippen molar-refractivity contribution in [2.75, 3.05) is 42.9 Å². The molecular formula is C28H34N8O2. The number of aromatic nitrogens is 5. The third kappa shape index (κ3) is 5.45. The van der Waals surface area contributed by atoms with Crippen LogP contribution in [-0.4, -0.2) is 68.5 Å². The van der Waals surface area contributed by atoms with E-state index in [1.807, 2.05) is 52.2 Å². The Bertz CT molecular complexity index is 1430. The smallest absolute Gasteiger partial charge is 0.291 e. The number of likely N-dealkylation sites (N-methyl/N-ethyl adjacent to an activating group) is 1.